The van der Waals surface area contributed by atoms with E-state index in [4.69, 9.17) is 4.42 Å². The Labute approximate surface area is 186 Å². The molecule has 0 fully saturated rings. The van der Waals surface area contributed by atoms with E-state index in [-0.39, 0.29) is 17.5 Å². The number of carbonyl (C=O) groups excluding carboxylic acids is 1. The van der Waals surface area contributed by atoms with Gasteiger partial charge in [0.05, 0.1) is 10.4 Å². The Balaban J connectivity index is 1.55. The van der Waals surface area contributed by atoms with Crippen molar-refractivity contribution in [3.8, 4) is 0 Å². The highest BCUT2D eigenvalue weighted by atomic mass is 19.4. The summed E-state index contributed by atoms with van der Waals surface area (Å²) in [6.07, 6.45) is -4.06. The quantitative estimate of drug-likeness (QED) is 0.239. The second kappa shape index (κ2) is 8.53. The van der Waals surface area contributed by atoms with Gasteiger partial charge in [0.25, 0.3) is 0 Å². The number of nitrogens with zero attached hydrogens (tertiary/aromatic N) is 3. The molecule has 0 spiro atoms. The van der Waals surface area contributed by atoms with Gasteiger partial charge in [0.1, 0.15) is 6.20 Å². The van der Waals surface area contributed by atoms with Crippen LogP contribution in [0.15, 0.2) is 57.9 Å². The van der Waals surface area contributed by atoms with Crippen molar-refractivity contribution in [1.82, 2.24) is 15.0 Å². The first kappa shape index (κ1) is 22.3. The molecule has 1 amide bonds. The maximum absolute atomic E-state index is 12.3. The standard InChI is InChI=1S/C19H12F3N7O5/c20-19(21,22)16(30)25-9-1-3-10(4-2-9)26-17-23-8-13(29(32)33)15(28-17)24-11-5-6-14-12(7-11)27-18(31)34-14/h1-8H,(H,25,30)(H,27,31)(H2,23,24,26,28). The van der Waals surface area contributed by atoms with Crippen LogP contribution < -0.4 is 21.7 Å². The molecule has 0 aliphatic rings. The van der Waals surface area contributed by atoms with Crippen LogP contribution in [0.2, 0.25) is 0 Å². The number of oxazole rings is 1. The number of fused-ring (bicyclic) bond motifs is 1. The molecular weight excluding hydrogens is 463 g/mol. The summed E-state index contributed by atoms with van der Waals surface area (Å²) in [6.45, 7) is 0. The molecule has 4 N–H and O–H groups in total. The van der Waals surface area contributed by atoms with Crippen molar-refractivity contribution < 1.29 is 27.3 Å². The fourth-order valence-electron chi connectivity index (χ4n) is 2.80. The van der Waals surface area contributed by atoms with Crippen LogP contribution in [0.25, 0.3) is 11.1 Å². The lowest BCUT2D eigenvalue weighted by Gasteiger charge is -2.10. The van der Waals surface area contributed by atoms with Crippen LogP contribution >= 0.6 is 0 Å². The lowest BCUT2D eigenvalue weighted by Crippen LogP contribution is -2.29. The van der Waals surface area contributed by atoms with E-state index in [2.05, 4.69) is 25.6 Å². The van der Waals surface area contributed by atoms with E-state index < -0.39 is 28.5 Å². The van der Waals surface area contributed by atoms with E-state index in [1.165, 1.54) is 42.5 Å². The molecule has 0 radical (unpaired) electrons. The number of carbonyl (C=O) groups is 1. The minimum absolute atomic E-state index is 0.0574. The van der Waals surface area contributed by atoms with E-state index in [1.807, 2.05) is 0 Å². The number of amides is 1. The summed E-state index contributed by atoms with van der Waals surface area (Å²) >= 11 is 0. The third kappa shape index (κ3) is 4.93. The third-order valence-electron chi connectivity index (χ3n) is 4.30. The van der Waals surface area contributed by atoms with Crippen LogP contribution in [0, 0.1) is 10.1 Å². The van der Waals surface area contributed by atoms with Crippen molar-refractivity contribution in [2.24, 2.45) is 0 Å². The van der Waals surface area contributed by atoms with Crippen LogP contribution in [0.5, 0.6) is 0 Å². The van der Waals surface area contributed by atoms with Gasteiger partial charge < -0.3 is 20.4 Å². The molecule has 0 bridgehead atoms. The first-order valence-corrected chi connectivity index (χ1v) is 9.25. The summed E-state index contributed by atoms with van der Waals surface area (Å²) in [7, 11) is 0. The average Bonchev–Trinajstić information content (AvgIpc) is 3.13. The number of aromatic amines is 1. The molecule has 4 aromatic rings. The van der Waals surface area contributed by atoms with Crippen molar-refractivity contribution in [2.45, 2.75) is 6.18 Å². The zero-order valence-corrected chi connectivity index (χ0v) is 16.6. The smallest absolute Gasteiger partial charge is 0.408 e. The van der Waals surface area contributed by atoms with Gasteiger partial charge in [-0.25, -0.2) is 9.78 Å². The van der Waals surface area contributed by atoms with Gasteiger partial charge in [0, 0.05) is 17.1 Å². The number of hydrogen-bond donors (Lipinski definition) is 4. The van der Waals surface area contributed by atoms with Gasteiger partial charge in [-0.1, -0.05) is 0 Å². The van der Waals surface area contributed by atoms with Gasteiger partial charge in [-0.05, 0) is 42.5 Å². The van der Waals surface area contributed by atoms with Gasteiger partial charge in [-0.3, -0.25) is 19.9 Å². The summed E-state index contributed by atoms with van der Waals surface area (Å²) in [4.78, 5) is 43.4. The minimum atomic E-state index is -5.02. The van der Waals surface area contributed by atoms with Crippen LogP contribution in [0.1, 0.15) is 0 Å². The Bertz CT molecular complexity index is 1450. The van der Waals surface area contributed by atoms with Crippen LogP contribution in [0.4, 0.5) is 47.7 Å². The number of anilines is 5. The molecule has 12 nitrogen and oxygen atoms in total. The number of halogens is 3. The molecule has 4 rings (SSSR count). The SMILES string of the molecule is O=C(Nc1ccc(Nc2ncc([N+](=O)[O-])c(Nc3ccc4oc(=O)[nH]c4c3)n2)cc1)C(F)(F)F. The van der Waals surface area contributed by atoms with Gasteiger partial charge >= 0.3 is 23.5 Å². The molecule has 0 aliphatic heterocycles. The van der Waals surface area contributed by atoms with Crippen molar-refractivity contribution in [1.29, 1.82) is 0 Å². The number of alkyl halides is 3. The number of rotatable bonds is 6. The molecule has 174 valence electrons. The second-order valence-electron chi connectivity index (χ2n) is 6.69. The molecule has 2 aromatic carbocycles. The van der Waals surface area contributed by atoms with E-state index in [9.17, 15) is 32.9 Å². The summed E-state index contributed by atoms with van der Waals surface area (Å²) < 4.78 is 41.9. The lowest BCUT2D eigenvalue weighted by molar-refractivity contribution is -0.384. The fraction of sp³-hybridized carbons (Fsp3) is 0.0526. The molecular formula is C19H12F3N7O5. The summed E-state index contributed by atoms with van der Waals surface area (Å²) in [6, 6.07) is 9.65. The van der Waals surface area contributed by atoms with Gasteiger partial charge in [-0.15, -0.1) is 0 Å². The van der Waals surface area contributed by atoms with Gasteiger partial charge in [0.15, 0.2) is 5.58 Å². The first-order chi connectivity index (χ1) is 16.1. The average molecular weight is 475 g/mol. The molecule has 0 atom stereocenters. The molecule has 0 aliphatic carbocycles. The number of benzene rings is 2. The maximum Gasteiger partial charge on any atom is 0.471 e. The zero-order chi connectivity index (χ0) is 24.5. The largest absolute Gasteiger partial charge is 0.471 e. The fourth-order valence-corrected chi connectivity index (χ4v) is 2.80. The predicted molar refractivity (Wildman–Crippen MR) is 113 cm³/mol. The molecule has 0 saturated heterocycles. The number of H-pyrrole nitrogens is 1. The van der Waals surface area contributed by atoms with E-state index in [0.717, 1.165) is 6.20 Å². The van der Waals surface area contributed by atoms with Crippen molar-refractivity contribution in [2.75, 3.05) is 16.0 Å². The van der Waals surface area contributed by atoms with Crippen LogP contribution in [-0.2, 0) is 4.79 Å². The Morgan fingerprint density at radius 2 is 1.74 bits per heavy atom. The number of aromatic nitrogens is 3. The first-order valence-electron chi connectivity index (χ1n) is 9.25. The Morgan fingerprint density at radius 3 is 2.41 bits per heavy atom. The topological polar surface area (TPSA) is 168 Å². The summed E-state index contributed by atoms with van der Waals surface area (Å²) in [5.74, 6) is -2.99. The summed E-state index contributed by atoms with van der Waals surface area (Å²) in [5, 5.41) is 18.6. The predicted octanol–water partition coefficient (Wildman–Crippen LogP) is 3.81. The highest BCUT2D eigenvalue weighted by Gasteiger charge is 2.38. The minimum Gasteiger partial charge on any atom is -0.408 e. The normalized spacial score (nSPS) is 11.3. The Morgan fingerprint density at radius 1 is 1.06 bits per heavy atom. The molecule has 2 aromatic heterocycles. The van der Waals surface area contributed by atoms with Gasteiger partial charge in [0.2, 0.25) is 11.8 Å². The van der Waals surface area contributed by atoms with Crippen molar-refractivity contribution in [3.05, 3.63) is 69.3 Å². The monoisotopic (exact) mass is 475 g/mol. The van der Waals surface area contributed by atoms with Gasteiger partial charge in [-0.2, -0.15) is 18.2 Å². The van der Waals surface area contributed by atoms with Crippen LogP contribution in [0.3, 0.4) is 0 Å². The van der Waals surface area contributed by atoms with E-state index in [0.29, 0.717) is 22.5 Å². The van der Waals surface area contributed by atoms with Crippen molar-refractivity contribution in [3.63, 3.8) is 0 Å². The molecule has 0 saturated carbocycles. The molecule has 34 heavy (non-hydrogen) atoms. The molecule has 2 heterocycles. The number of hydrogen-bond acceptors (Lipinski definition) is 9. The molecule has 0 unspecified atom stereocenters. The maximum atomic E-state index is 12.3. The lowest BCUT2D eigenvalue weighted by atomic mass is 10.2. The van der Waals surface area contributed by atoms with Crippen LogP contribution in [-0.4, -0.2) is 32.0 Å². The highest BCUT2D eigenvalue weighted by molar-refractivity contribution is 5.95. The second-order valence-corrected chi connectivity index (χ2v) is 6.69. The number of nitrogens with one attached hydrogen (secondary N) is 4. The summed E-state index contributed by atoms with van der Waals surface area (Å²) in [5.41, 5.74) is 0.834. The zero-order valence-electron chi connectivity index (χ0n) is 16.6. The van der Waals surface area contributed by atoms with Crippen molar-refractivity contribution >= 4 is 51.5 Å². The third-order valence-corrected chi connectivity index (χ3v) is 4.30. The van der Waals surface area contributed by atoms with E-state index >= 15 is 0 Å². The molecule has 15 heteroatoms. The van der Waals surface area contributed by atoms with E-state index in [1.54, 1.807) is 5.32 Å². The Hall–Kier alpha value is -4.95. The highest BCUT2D eigenvalue weighted by Crippen LogP contribution is 2.28. The Kier molecular flexibility index (Phi) is 5.58. The number of nitro groups is 1.